The van der Waals surface area contributed by atoms with Gasteiger partial charge in [-0.15, -0.1) is 0 Å². The average Bonchev–Trinajstić information content (AvgIpc) is 2.84. The number of rotatable bonds is 6. The van der Waals surface area contributed by atoms with Crippen LogP contribution in [0.15, 0.2) is 59.8 Å². The zero-order valence-electron chi connectivity index (χ0n) is 19.4. The van der Waals surface area contributed by atoms with E-state index in [1.165, 1.54) is 23.9 Å². The van der Waals surface area contributed by atoms with Crippen LogP contribution in [0.3, 0.4) is 0 Å². The van der Waals surface area contributed by atoms with Crippen LogP contribution >= 0.6 is 23.4 Å². The summed E-state index contributed by atoms with van der Waals surface area (Å²) in [5.74, 6) is -0.265. The lowest BCUT2D eigenvalue weighted by Gasteiger charge is -2.40. The van der Waals surface area contributed by atoms with Gasteiger partial charge in [-0.25, -0.2) is 14.4 Å². The monoisotopic (exact) mass is 513 g/mol. The third-order valence-electron chi connectivity index (χ3n) is 5.65. The molecule has 1 atom stereocenters. The molecule has 3 aromatic rings. The molecule has 2 amide bonds. The van der Waals surface area contributed by atoms with Gasteiger partial charge in [0, 0.05) is 37.4 Å². The van der Waals surface area contributed by atoms with Gasteiger partial charge in [0.15, 0.2) is 5.16 Å². The number of hydrogen-bond acceptors (Lipinski definition) is 6. The van der Waals surface area contributed by atoms with E-state index in [9.17, 15) is 14.0 Å². The highest BCUT2D eigenvalue weighted by Gasteiger charge is 2.30. The van der Waals surface area contributed by atoms with E-state index in [0.29, 0.717) is 30.6 Å². The molecule has 0 bridgehead atoms. The molecule has 0 radical (unpaired) electrons. The van der Waals surface area contributed by atoms with Crippen LogP contribution in [0, 0.1) is 12.7 Å². The van der Waals surface area contributed by atoms with E-state index < -0.39 is 5.82 Å². The van der Waals surface area contributed by atoms with Crippen molar-refractivity contribution in [1.29, 1.82) is 0 Å². The molecule has 182 valence electrons. The van der Waals surface area contributed by atoms with Crippen LogP contribution in [0.2, 0.25) is 5.15 Å². The van der Waals surface area contributed by atoms with Gasteiger partial charge in [0.2, 0.25) is 5.91 Å². The predicted octanol–water partition coefficient (Wildman–Crippen LogP) is 4.66. The number of piperazine rings is 1. The van der Waals surface area contributed by atoms with E-state index in [0.717, 1.165) is 11.3 Å². The van der Waals surface area contributed by atoms with E-state index in [4.69, 9.17) is 11.6 Å². The minimum atomic E-state index is -0.525. The van der Waals surface area contributed by atoms with Crippen molar-refractivity contribution in [2.24, 2.45) is 0 Å². The lowest BCUT2D eigenvalue weighted by Crippen LogP contribution is -2.54. The standard InChI is InChI=1S/C25H25ClFN5O2S/c1-16-7-9-18(10-8-16)28-23(33)15-35-25-29-21(26)13-22(30-25)31-11-12-32(17(2)14-31)24(34)19-5-3-4-6-20(19)27/h3-10,13,17H,11-12,14-15H2,1-2H3,(H,28,33). The molecule has 0 spiro atoms. The Morgan fingerprint density at radius 2 is 1.89 bits per heavy atom. The third kappa shape index (κ3) is 6.29. The summed E-state index contributed by atoms with van der Waals surface area (Å²) in [6, 6.07) is 15.1. The molecule has 1 unspecified atom stereocenters. The van der Waals surface area contributed by atoms with Crippen molar-refractivity contribution < 1.29 is 14.0 Å². The van der Waals surface area contributed by atoms with Crippen molar-refractivity contribution in [3.63, 3.8) is 0 Å². The lowest BCUT2D eigenvalue weighted by molar-refractivity contribution is -0.113. The van der Waals surface area contributed by atoms with Crippen molar-refractivity contribution in [2.75, 3.05) is 35.6 Å². The number of amides is 2. The maximum absolute atomic E-state index is 14.1. The number of halogens is 2. The SMILES string of the molecule is Cc1ccc(NC(=O)CSc2nc(Cl)cc(N3CCN(C(=O)c4ccccc4F)C(C)C3)n2)cc1. The maximum Gasteiger partial charge on any atom is 0.257 e. The molecule has 10 heteroatoms. The quantitative estimate of drug-likeness (QED) is 0.293. The third-order valence-corrected chi connectivity index (χ3v) is 6.69. The van der Waals surface area contributed by atoms with E-state index in [-0.39, 0.29) is 34.3 Å². The highest BCUT2D eigenvalue weighted by Crippen LogP contribution is 2.25. The second-order valence-corrected chi connectivity index (χ2v) is 9.64. The molecule has 1 fully saturated rings. The number of aryl methyl sites for hydroxylation is 1. The largest absolute Gasteiger partial charge is 0.353 e. The van der Waals surface area contributed by atoms with Crippen molar-refractivity contribution in [1.82, 2.24) is 14.9 Å². The molecular formula is C25H25ClFN5O2S. The maximum atomic E-state index is 14.1. The highest BCUT2D eigenvalue weighted by atomic mass is 35.5. The van der Waals surface area contributed by atoms with Gasteiger partial charge in [-0.2, -0.15) is 0 Å². The summed E-state index contributed by atoms with van der Waals surface area (Å²) in [5.41, 5.74) is 1.91. The molecule has 1 aliphatic heterocycles. The number of carbonyl (C=O) groups is 2. The Kier molecular flexibility index (Phi) is 7.87. The van der Waals surface area contributed by atoms with Crippen molar-refractivity contribution in [3.05, 3.63) is 76.7 Å². The second-order valence-electron chi connectivity index (χ2n) is 8.31. The fraction of sp³-hybridized carbons (Fsp3) is 0.280. The number of nitrogens with one attached hydrogen (secondary N) is 1. The fourth-order valence-electron chi connectivity index (χ4n) is 3.83. The van der Waals surface area contributed by atoms with Crippen LogP contribution in [-0.2, 0) is 4.79 Å². The normalized spacial score (nSPS) is 15.7. The van der Waals surface area contributed by atoms with Gasteiger partial charge in [-0.3, -0.25) is 9.59 Å². The summed E-state index contributed by atoms with van der Waals surface area (Å²) < 4.78 is 14.1. The summed E-state index contributed by atoms with van der Waals surface area (Å²) in [4.78, 5) is 37.7. The first-order valence-corrected chi connectivity index (χ1v) is 12.5. The van der Waals surface area contributed by atoms with Crippen molar-refractivity contribution in [3.8, 4) is 0 Å². The Labute approximate surface area is 212 Å². The van der Waals surface area contributed by atoms with Crippen LogP contribution in [0.5, 0.6) is 0 Å². The number of nitrogens with zero attached hydrogens (tertiary/aromatic N) is 4. The summed E-state index contributed by atoms with van der Waals surface area (Å²) in [5, 5.41) is 3.51. The average molecular weight is 514 g/mol. The molecule has 1 saturated heterocycles. The van der Waals surface area contributed by atoms with E-state index >= 15 is 0 Å². The number of hydrogen-bond donors (Lipinski definition) is 1. The predicted molar refractivity (Wildman–Crippen MR) is 137 cm³/mol. The Morgan fingerprint density at radius 3 is 2.60 bits per heavy atom. The molecule has 1 aromatic heterocycles. The molecule has 0 aliphatic carbocycles. The zero-order valence-corrected chi connectivity index (χ0v) is 20.9. The molecule has 2 aromatic carbocycles. The van der Waals surface area contributed by atoms with Gasteiger partial charge in [0.25, 0.3) is 5.91 Å². The number of benzene rings is 2. The van der Waals surface area contributed by atoms with E-state index in [1.54, 1.807) is 23.1 Å². The number of thioether (sulfide) groups is 1. The molecule has 1 N–H and O–H groups in total. The smallest absolute Gasteiger partial charge is 0.257 e. The fourth-order valence-corrected chi connectivity index (χ4v) is 4.71. The first-order valence-electron chi connectivity index (χ1n) is 11.1. The summed E-state index contributed by atoms with van der Waals surface area (Å²) in [6.07, 6.45) is 0. The Bertz CT molecular complexity index is 1230. The summed E-state index contributed by atoms with van der Waals surface area (Å²) in [6.45, 7) is 5.33. The van der Waals surface area contributed by atoms with Crippen LogP contribution in [-0.4, -0.2) is 58.1 Å². The molecule has 0 saturated carbocycles. The summed E-state index contributed by atoms with van der Waals surface area (Å²) >= 11 is 7.44. The molecular weight excluding hydrogens is 489 g/mol. The Balaban J connectivity index is 1.38. The first kappa shape index (κ1) is 24.9. The Hall–Kier alpha value is -3.17. The molecule has 1 aliphatic rings. The van der Waals surface area contributed by atoms with E-state index in [1.807, 2.05) is 43.0 Å². The zero-order chi connectivity index (χ0) is 24.9. The molecule has 7 nitrogen and oxygen atoms in total. The summed E-state index contributed by atoms with van der Waals surface area (Å²) in [7, 11) is 0. The highest BCUT2D eigenvalue weighted by molar-refractivity contribution is 7.99. The molecule has 4 rings (SSSR count). The van der Waals surface area contributed by atoms with Crippen LogP contribution in [0.25, 0.3) is 0 Å². The minimum Gasteiger partial charge on any atom is -0.353 e. The van der Waals surface area contributed by atoms with Gasteiger partial charge in [-0.1, -0.05) is 53.2 Å². The molecule has 35 heavy (non-hydrogen) atoms. The number of carbonyl (C=O) groups excluding carboxylic acids is 2. The van der Waals surface area contributed by atoms with Crippen LogP contribution in [0.1, 0.15) is 22.8 Å². The minimum absolute atomic E-state index is 0.0699. The van der Waals surface area contributed by atoms with Crippen molar-refractivity contribution in [2.45, 2.75) is 25.0 Å². The Morgan fingerprint density at radius 1 is 1.14 bits per heavy atom. The van der Waals surface area contributed by atoms with E-state index in [2.05, 4.69) is 15.3 Å². The van der Waals surface area contributed by atoms with Crippen molar-refractivity contribution >= 4 is 46.7 Å². The van der Waals surface area contributed by atoms with Gasteiger partial charge in [0.05, 0.1) is 11.3 Å². The van der Waals surface area contributed by atoms with Gasteiger partial charge in [0.1, 0.15) is 16.8 Å². The van der Waals surface area contributed by atoms with Gasteiger partial charge in [-0.05, 0) is 38.1 Å². The number of anilines is 2. The topological polar surface area (TPSA) is 78.4 Å². The van der Waals surface area contributed by atoms with Gasteiger partial charge < -0.3 is 15.1 Å². The lowest BCUT2D eigenvalue weighted by atomic mass is 10.1. The number of aromatic nitrogens is 2. The van der Waals surface area contributed by atoms with Crippen LogP contribution < -0.4 is 10.2 Å². The second kappa shape index (κ2) is 11.0. The van der Waals surface area contributed by atoms with Crippen LogP contribution in [0.4, 0.5) is 15.9 Å². The molecule has 2 heterocycles. The first-order chi connectivity index (χ1) is 16.8. The van der Waals surface area contributed by atoms with Gasteiger partial charge >= 0.3 is 0 Å².